The third-order valence-corrected chi connectivity index (χ3v) is 6.08. The molecule has 0 bridgehead atoms. The summed E-state index contributed by atoms with van der Waals surface area (Å²) in [6.07, 6.45) is 8.84. The van der Waals surface area contributed by atoms with Crippen LogP contribution in [0.25, 0.3) is 0 Å². The fourth-order valence-electron chi connectivity index (χ4n) is 4.43. The Hall–Kier alpha value is -1.73. The average Bonchev–Trinajstić information content (AvgIpc) is 2.69. The monoisotopic (exact) mass is 374 g/mol. The number of nitrogens with zero attached hydrogens (tertiary/aromatic N) is 3. The van der Waals surface area contributed by atoms with Crippen molar-refractivity contribution in [3.05, 3.63) is 17.5 Å². The minimum absolute atomic E-state index is 0.0770. The van der Waals surface area contributed by atoms with Gasteiger partial charge in [0.1, 0.15) is 0 Å². The van der Waals surface area contributed by atoms with E-state index in [4.69, 9.17) is 9.47 Å². The van der Waals surface area contributed by atoms with E-state index in [-0.39, 0.29) is 17.6 Å². The van der Waals surface area contributed by atoms with Crippen molar-refractivity contribution in [1.29, 1.82) is 0 Å². The molecule has 4 heterocycles. The van der Waals surface area contributed by atoms with Gasteiger partial charge in [-0.15, -0.1) is 0 Å². The van der Waals surface area contributed by atoms with Crippen LogP contribution < -0.4 is 10.2 Å². The molecule has 1 unspecified atom stereocenters. The third-order valence-electron chi connectivity index (χ3n) is 6.08. The van der Waals surface area contributed by atoms with Crippen LogP contribution in [0.4, 0.5) is 5.95 Å². The normalized spacial score (nSPS) is 25.4. The fraction of sp³-hybridized carbons (Fsp3) is 0.750. The average molecular weight is 374 g/mol. The zero-order chi connectivity index (χ0) is 18.7. The Kier molecular flexibility index (Phi) is 5.59. The van der Waals surface area contributed by atoms with Crippen LogP contribution in [0, 0.1) is 6.92 Å². The summed E-state index contributed by atoms with van der Waals surface area (Å²) in [6.45, 7) is 6.07. The highest BCUT2D eigenvalue weighted by molar-refractivity contribution is 5.95. The lowest BCUT2D eigenvalue weighted by molar-refractivity contribution is -0.139. The number of carbonyl (C=O) groups excluding carboxylic acids is 1. The van der Waals surface area contributed by atoms with Crippen molar-refractivity contribution >= 4 is 11.9 Å². The van der Waals surface area contributed by atoms with Crippen LogP contribution in [0.2, 0.25) is 0 Å². The molecular weight excluding hydrogens is 344 g/mol. The number of ether oxygens (including phenoxy) is 2. The van der Waals surface area contributed by atoms with Crippen LogP contribution in [-0.2, 0) is 9.47 Å². The van der Waals surface area contributed by atoms with E-state index >= 15 is 0 Å². The lowest BCUT2D eigenvalue weighted by Crippen LogP contribution is -2.51. The summed E-state index contributed by atoms with van der Waals surface area (Å²) in [5, 5.41) is 3.19. The molecule has 4 rings (SSSR count). The van der Waals surface area contributed by atoms with Crippen LogP contribution in [-0.4, -0.2) is 60.4 Å². The van der Waals surface area contributed by atoms with Gasteiger partial charge in [-0.3, -0.25) is 4.79 Å². The summed E-state index contributed by atoms with van der Waals surface area (Å²) in [4.78, 5) is 24.1. The topological polar surface area (TPSA) is 76.6 Å². The number of amides is 1. The zero-order valence-corrected chi connectivity index (χ0v) is 16.2. The van der Waals surface area contributed by atoms with Crippen molar-refractivity contribution in [2.75, 3.05) is 37.8 Å². The predicted octanol–water partition coefficient (Wildman–Crippen LogP) is 2.23. The molecule has 7 nitrogen and oxygen atoms in total. The molecular formula is C20H30N4O3. The maximum Gasteiger partial charge on any atom is 0.254 e. The van der Waals surface area contributed by atoms with E-state index < -0.39 is 0 Å². The molecule has 27 heavy (non-hydrogen) atoms. The Morgan fingerprint density at radius 3 is 2.74 bits per heavy atom. The number of anilines is 1. The molecule has 0 radical (unpaired) electrons. The van der Waals surface area contributed by atoms with Crippen molar-refractivity contribution < 1.29 is 14.3 Å². The molecule has 3 aliphatic heterocycles. The molecule has 1 atom stereocenters. The minimum Gasteiger partial charge on any atom is -0.381 e. The molecule has 1 aromatic rings. The van der Waals surface area contributed by atoms with E-state index in [1.165, 1.54) is 19.3 Å². The number of aromatic nitrogens is 2. The second-order valence-corrected chi connectivity index (χ2v) is 8.02. The SMILES string of the molecule is Cc1nc(N2CCCCC2)ncc1C(=O)NC1CCOC2(CCOCC2)C1. The number of carbonyl (C=O) groups is 1. The van der Waals surface area contributed by atoms with E-state index in [1.54, 1.807) is 6.20 Å². The first kappa shape index (κ1) is 18.6. The summed E-state index contributed by atoms with van der Waals surface area (Å²) >= 11 is 0. The van der Waals surface area contributed by atoms with E-state index in [0.717, 1.165) is 63.6 Å². The van der Waals surface area contributed by atoms with Gasteiger partial charge in [-0.2, -0.15) is 0 Å². The van der Waals surface area contributed by atoms with Crippen LogP contribution in [0.5, 0.6) is 0 Å². The second-order valence-electron chi connectivity index (χ2n) is 8.02. The number of aryl methyl sites for hydroxylation is 1. The highest BCUT2D eigenvalue weighted by Crippen LogP contribution is 2.34. The number of hydrogen-bond donors (Lipinski definition) is 1. The van der Waals surface area contributed by atoms with Gasteiger partial charge in [-0.05, 0) is 51.9 Å². The lowest BCUT2D eigenvalue weighted by Gasteiger charge is -2.43. The van der Waals surface area contributed by atoms with Crippen molar-refractivity contribution in [3.63, 3.8) is 0 Å². The van der Waals surface area contributed by atoms with Gasteiger partial charge >= 0.3 is 0 Å². The number of rotatable bonds is 3. The van der Waals surface area contributed by atoms with Crippen molar-refractivity contribution in [1.82, 2.24) is 15.3 Å². The molecule has 3 saturated heterocycles. The quantitative estimate of drug-likeness (QED) is 0.874. The van der Waals surface area contributed by atoms with Gasteiger partial charge in [0.25, 0.3) is 5.91 Å². The van der Waals surface area contributed by atoms with E-state index in [1.807, 2.05) is 6.92 Å². The van der Waals surface area contributed by atoms with Crippen LogP contribution in [0.1, 0.15) is 61.0 Å². The van der Waals surface area contributed by atoms with Crippen LogP contribution in [0.3, 0.4) is 0 Å². The summed E-state index contributed by atoms with van der Waals surface area (Å²) in [6, 6.07) is 0.130. The molecule has 7 heteroatoms. The Morgan fingerprint density at radius 1 is 1.22 bits per heavy atom. The molecule has 3 aliphatic rings. The first-order valence-electron chi connectivity index (χ1n) is 10.3. The highest BCUT2D eigenvalue weighted by atomic mass is 16.5. The molecule has 1 N–H and O–H groups in total. The maximum atomic E-state index is 12.8. The number of piperidine rings is 1. The standard InChI is InChI=1S/C20H30N4O3/c1-15-17(14-21-19(22-15)24-8-3-2-4-9-24)18(25)23-16-5-10-27-20(13-16)6-11-26-12-7-20/h14,16H,2-13H2,1H3,(H,23,25). The van der Waals surface area contributed by atoms with Gasteiger partial charge in [-0.1, -0.05) is 0 Å². The number of hydrogen-bond acceptors (Lipinski definition) is 6. The molecule has 148 valence electrons. The highest BCUT2D eigenvalue weighted by Gasteiger charge is 2.39. The van der Waals surface area contributed by atoms with Crippen molar-refractivity contribution in [2.45, 2.75) is 63.5 Å². The smallest absolute Gasteiger partial charge is 0.254 e. The first-order chi connectivity index (χ1) is 13.2. The summed E-state index contributed by atoms with van der Waals surface area (Å²) in [7, 11) is 0. The van der Waals surface area contributed by atoms with Crippen LogP contribution in [0.15, 0.2) is 6.20 Å². The zero-order valence-electron chi connectivity index (χ0n) is 16.2. The van der Waals surface area contributed by atoms with E-state index in [9.17, 15) is 4.79 Å². The second kappa shape index (κ2) is 8.10. The van der Waals surface area contributed by atoms with Gasteiger partial charge < -0.3 is 19.7 Å². The van der Waals surface area contributed by atoms with Gasteiger partial charge in [0, 0.05) is 45.1 Å². The van der Waals surface area contributed by atoms with Gasteiger partial charge in [0.15, 0.2) is 0 Å². The molecule has 1 aromatic heterocycles. The van der Waals surface area contributed by atoms with Crippen molar-refractivity contribution in [2.24, 2.45) is 0 Å². The Labute approximate surface area is 160 Å². The van der Waals surface area contributed by atoms with Gasteiger partial charge in [-0.25, -0.2) is 9.97 Å². The molecule has 0 aromatic carbocycles. The molecule has 1 amide bonds. The predicted molar refractivity (Wildman–Crippen MR) is 102 cm³/mol. The fourth-order valence-corrected chi connectivity index (χ4v) is 4.43. The first-order valence-corrected chi connectivity index (χ1v) is 10.3. The Balaban J connectivity index is 1.40. The molecule has 1 spiro atoms. The summed E-state index contributed by atoms with van der Waals surface area (Å²) < 4.78 is 11.5. The minimum atomic E-state index is -0.127. The summed E-state index contributed by atoms with van der Waals surface area (Å²) in [5.41, 5.74) is 1.19. The molecule has 3 fully saturated rings. The largest absolute Gasteiger partial charge is 0.381 e. The maximum absolute atomic E-state index is 12.8. The van der Waals surface area contributed by atoms with Gasteiger partial charge in [0.05, 0.1) is 16.9 Å². The third kappa shape index (κ3) is 4.24. The van der Waals surface area contributed by atoms with Crippen LogP contribution >= 0.6 is 0 Å². The molecule has 0 saturated carbocycles. The van der Waals surface area contributed by atoms with Gasteiger partial charge in [0.2, 0.25) is 5.95 Å². The Bertz CT molecular complexity index is 664. The Morgan fingerprint density at radius 2 is 2.00 bits per heavy atom. The number of nitrogens with one attached hydrogen (secondary N) is 1. The lowest BCUT2D eigenvalue weighted by atomic mass is 9.84. The van der Waals surface area contributed by atoms with E-state index in [2.05, 4.69) is 20.2 Å². The molecule has 0 aliphatic carbocycles. The summed E-state index contributed by atoms with van der Waals surface area (Å²) in [5.74, 6) is 0.669. The van der Waals surface area contributed by atoms with E-state index in [0.29, 0.717) is 12.2 Å². The van der Waals surface area contributed by atoms with Crippen molar-refractivity contribution in [3.8, 4) is 0 Å².